The van der Waals surface area contributed by atoms with E-state index in [4.69, 9.17) is 4.74 Å². The Morgan fingerprint density at radius 1 is 1.10 bits per heavy atom. The van der Waals surface area contributed by atoms with Crippen molar-refractivity contribution in [3.8, 4) is 16.9 Å². The van der Waals surface area contributed by atoms with Crippen LogP contribution in [0.4, 0.5) is 4.39 Å². The van der Waals surface area contributed by atoms with Gasteiger partial charge in [-0.3, -0.25) is 0 Å². The lowest BCUT2D eigenvalue weighted by Gasteiger charge is -2.29. The number of aliphatic hydroxyl groups excluding tert-OH is 1. The van der Waals surface area contributed by atoms with Gasteiger partial charge in [0, 0.05) is 12.0 Å². The Labute approximate surface area is 183 Å². The number of rotatable bonds is 8. The van der Waals surface area contributed by atoms with Gasteiger partial charge in [-0.2, -0.15) is 4.72 Å². The first-order valence-electron chi connectivity index (χ1n) is 11.0. The highest BCUT2D eigenvalue weighted by Crippen LogP contribution is 2.45. The predicted octanol–water partition coefficient (Wildman–Crippen LogP) is 4.49. The van der Waals surface area contributed by atoms with Crippen LogP contribution in [0.25, 0.3) is 11.1 Å². The first-order valence-corrected chi connectivity index (χ1v) is 12.9. The van der Waals surface area contributed by atoms with Crippen molar-refractivity contribution in [3.05, 3.63) is 53.3 Å². The minimum absolute atomic E-state index is 0.109. The maximum Gasteiger partial charge on any atom is 0.210 e. The van der Waals surface area contributed by atoms with E-state index in [0.717, 1.165) is 73.5 Å². The molecule has 0 amide bonds. The van der Waals surface area contributed by atoms with Gasteiger partial charge in [0.25, 0.3) is 0 Å². The van der Waals surface area contributed by atoms with E-state index >= 15 is 0 Å². The zero-order chi connectivity index (χ0) is 22.0. The second-order valence-corrected chi connectivity index (χ2v) is 10.6. The zero-order valence-electron chi connectivity index (χ0n) is 17.8. The number of benzene rings is 2. The average Bonchev–Trinajstić information content (AvgIpc) is 3.15. The van der Waals surface area contributed by atoms with E-state index < -0.39 is 16.3 Å². The molecule has 31 heavy (non-hydrogen) atoms. The molecular weight excluding hydrogens is 417 g/mol. The summed E-state index contributed by atoms with van der Waals surface area (Å²) in [6.45, 7) is 0. The van der Waals surface area contributed by atoms with Crippen molar-refractivity contribution in [2.24, 2.45) is 0 Å². The normalized spacial score (nSPS) is 18.7. The van der Waals surface area contributed by atoms with Crippen molar-refractivity contribution in [2.75, 3.05) is 6.26 Å². The lowest BCUT2D eigenvalue weighted by atomic mass is 9.76. The largest absolute Gasteiger partial charge is 0.490 e. The van der Waals surface area contributed by atoms with E-state index in [1.165, 1.54) is 6.07 Å². The van der Waals surface area contributed by atoms with Gasteiger partial charge in [0.15, 0.2) is 0 Å². The lowest BCUT2D eigenvalue weighted by Crippen LogP contribution is -2.35. The Hall–Kier alpha value is -1.96. The third kappa shape index (κ3) is 5.45. The monoisotopic (exact) mass is 447 g/mol. The third-order valence-corrected chi connectivity index (χ3v) is 6.98. The first kappa shape index (κ1) is 22.2. The molecule has 2 aliphatic carbocycles. The van der Waals surface area contributed by atoms with Crippen molar-refractivity contribution in [2.45, 2.75) is 69.6 Å². The molecule has 2 aromatic rings. The van der Waals surface area contributed by atoms with Crippen LogP contribution in [0.5, 0.6) is 5.75 Å². The molecule has 0 heterocycles. The summed E-state index contributed by atoms with van der Waals surface area (Å²) in [5.41, 5.74) is 3.11. The first-order chi connectivity index (χ1) is 14.8. The van der Waals surface area contributed by atoms with Crippen LogP contribution >= 0.6 is 0 Å². The minimum Gasteiger partial charge on any atom is -0.490 e. The maximum atomic E-state index is 14.9. The fourth-order valence-electron chi connectivity index (χ4n) is 4.60. The summed E-state index contributed by atoms with van der Waals surface area (Å²) in [6, 6.07) is 10.8. The molecule has 168 valence electrons. The molecule has 0 saturated heterocycles. The molecule has 4 rings (SSSR count). The molecule has 0 radical (unpaired) electrons. The number of sulfonamides is 1. The Bertz CT molecular complexity index is 1030. The average molecular weight is 448 g/mol. The van der Waals surface area contributed by atoms with Gasteiger partial charge in [0.1, 0.15) is 17.8 Å². The Balaban J connectivity index is 1.72. The van der Waals surface area contributed by atoms with Gasteiger partial charge < -0.3 is 9.84 Å². The molecule has 7 heteroatoms. The summed E-state index contributed by atoms with van der Waals surface area (Å²) >= 11 is 0. The Morgan fingerprint density at radius 2 is 1.84 bits per heavy atom. The van der Waals surface area contributed by atoms with Crippen molar-refractivity contribution in [3.63, 3.8) is 0 Å². The number of hydrogen-bond acceptors (Lipinski definition) is 4. The van der Waals surface area contributed by atoms with Crippen LogP contribution in [0.2, 0.25) is 0 Å². The van der Waals surface area contributed by atoms with Crippen molar-refractivity contribution >= 4 is 10.0 Å². The molecule has 2 fully saturated rings. The van der Waals surface area contributed by atoms with E-state index in [2.05, 4.69) is 4.72 Å². The summed E-state index contributed by atoms with van der Waals surface area (Å²) in [7, 11) is -3.52. The molecule has 5 nitrogen and oxygen atoms in total. The second kappa shape index (κ2) is 9.27. The van der Waals surface area contributed by atoms with Gasteiger partial charge in [0.2, 0.25) is 10.0 Å². The molecule has 2 N–H and O–H groups in total. The number of aliphatic hydroxyl groups is 1. The standard InChI is InChI=1S/C24H30FNO4S/c1-31(28,29)26-23(27)15-16-12-13-22(30-18-8-2-3-9-18)20(14-16)19-10-5-11-21(25)24(19)17-6-4-7-17/h5,10-14,17-18,23,26-27H,2-4,6-9,15H2,1H3. The topological polar surface area (TPSA) is 75.6 Å². The van der Waals surface area contributed by atoms with Crippen LogP contribution in [0.15, 0.2) is 36.4 Å². The second-order valence-electron chi connectivity index (χ2n) is 8.79. The van der Waals surface area contributed by atoms with Crippen LogP contribution in [0.3, 0.4) is 0 Å². The van der Waals surface area contributed by atoms with Gasteiger partial charge in [-0.05, 0) is 79.3 Å². The predicted molar refractivity (Wildman–Crippen MR) is 119 cm³/mol. The van der Waals surface area contributed by atoms with Crippen LogP contribution in [-0.4, -0.2) is 32.1 Å². The van der Waals surface area contributed by atoms with Crippen LogP contribution < -0.4 is 9.46 Å². The van der Waals surface area contributed by atoms with E-state index in [-0.39, 0.29) is 24.3 Å². The molecule has 0 bridgehead atoms. The van der Waals surface area contributed by atoms with Crippen molar-refractivity contribution in [1.82, 2.24) is 4.72 Å². The van der Waals surface area contributed by atoms with Gasteiger partial charge in [-0.1, -0.05) is 24.6 Å². The van der Waals surface area contributed by atoms with Gasteiger partial charge in [-0.25, -0.2) is 12.8 Å². The van der Waals surface area contributed by atoms with E-state index in [9.17, 15) is 17.9 Å². The lowest BCUT2D eigenvalue weighted by molar-refractivity contribution is 0.164. The summed E-state index contributed by atoms with van der Waals surface area (Å²) in [6.07, 6.45) is 7.42. The summed E-state index contributed by atoms with van der Waals surface area (Å²) in [5, 5.41) is 10.2. The van der Waals surface area contributed by atoms with Crippen LogP contribution in [-0.2, 0) is 16.4 Å². The Kier molecular flexibility index (Phi) is 6.65. The van der Waals surface area contributed by atoms with E-state index in [1.807, 2.05) is 24.3 Å². The van der Waals surface area contributed by atoms with Crippen molar-refractivity contribution < 1.29 is 22.7 Å². The van der Waals surface area contributed by atoms with E-state index in [1.54, 1.807) is 6.07 Å². The van der Waals surface area contributed by atoms with E-state index in [0.29, 0.717) is 5.75 Å². The molecule has 0 spiro atoms. The van der Waals surface area contributed by atoms with Crippen LogP contribution in [0.1, 0.15) is 62.0 Å². The highest BCUT2D eigenvalue weighted by atomic mass is 32.2. The number of nitrogens with one attached hydrogen (secondary N) is 1. The maximum absolute atomic E-state index is 14.9. The van der Waals surface area contributed by atoms with Gasteiger partial charge in [-0.15, -0.1) is 0 Å². The van der Waals surface area contributed by atoms with Gasteiger partial charge in [0.05, 0.1) is 12.4 Å². The third-order valence-electron chi connectivity index (χ3n) is 6.28. The molecule has 2 aliphatic rings. The fraction of sp³-hybridized carbons (Fsp3) is 0.500. The minimum atomic E-state index is -3.52. The Morgan fingerprint density at radius 3 is 2.48 bits per heavy atom. The summed E-state index contributed by atoms with van der Waals surface area (Å²) in [4.78, 5) is 0. The molecule has 1 atom stereocenters. The quantitative estimate of drug-likeness (QED) is 0.585. The highest BCUT2D eigenvalue weighted by Gasteiger charge is 2.28. The number of halogens is 1. The molecule has 2 aromatic carbocycles. The molecular formula is C24H30FNO4S. The zero-order valence-corrected chi connectivity index (χ0v) is 18.6. The molecule has 0 aliphatic heterocycles. The SMILES string of the molecule is CS(=O)(=O)NC(O)Cc1ccc(OC2CCCC2)c(-c2cccc(F)c2C2CCC2)c1. The number of ether oxygens (including phenoxy) is 1. The number of hydrogen-bond donors (Lipinski definition) is 2. The molecule has 1 unspecified atom stereocenters. The highest BCUT2D eigenvalue weighted by molar-refractivity contribution is 7.88. The summed E-state index contributed by atoms with van der Waals surface area (Å²) in [5.74, 6) is 0.724. The van der Waals surface area contributed by atoms with Crippen LogP contribution in [0, 0.1) is 5.82 Å². The smallest absolute Gasteiger partial charge is 0.210 e. The van der Waals surface area contributed by atoms with Crippen molar-refractivity contribution in [1.29, 1.82) is 0 Å². The van der Waals surface area contributed by atoms with Gasteiger partial charge >= 0.3 is 0 Å². The fourth-order valence-corrected chi connectivity index (χ4v) is 5.18. The summed E-state index contributed by atoms with van der Waals surface area (Å²) < 4.78 is 46.3. The molecule has 0 aromatic heterocycles. The molecule has 2 saturated carbocycles.